The molecule has 258 valence electrons. The fourth-order valence-corrected chi connectivity index (χ4v) is 7.53. The number of nitrogens with one attached hydrogen (secondary N) is 3. The van der Waals surface area contributed by atoms with Crippen LogP contribution in [0, 0.1) is 0 Å². The predicted octanol–water partition coefficient (Wildman–Crippen LogP) is 6.29. The molecular weight excluding hydrogens is 653 g/mol. The lowest BCUT2D eigenvalue weighted by molar-refractivity contribution is -0.134. The topological polar surface area (TPSA) is 149 Å². The average molecular weight is 693 g/mol. The van der Waals surface area contributed by atoms with Gasteiger partial charge in [-0.3, -0.25) is 9.59 Å². The van der Waals surface area contributed by atoms with Gasteiger partial charge in [-0.15, -0.1) is 11.3 Å². The summed E-state index contributed by atoms with van der Waals surface area (Å²) in [6.07, 6.45) is 7.68. The van der Waals surface area contributed by atoms with E-state index in [9.17, 15) is 14.4 Å². The third-order valence-electron chi connectivity index (χ3n) is 9.63. The van der Waals surface area contributed by atoms with E-state index in [0.717, 1.165) is 83.2 Å². The number of alkyl carbamates (subject to hydrolysis) is 1. The number of amides is 3. The van der Waals surface area contributed by atoms with Crippen molar-refractivity contribution in [3.8, 4) is 33.6 Å². The zero-order chi connectivity index (χ0) is 34.6. The lowest BCUT2D eigenvalue weighted by Gasteiger charge is -2.26. The van der Waals surface area contributed by atoms with Crippen LogP contribution >= 0.6 is 11.3 Å². The summed E-state index contributed by atoms with van der Waals surface area (Å²) in [4.78, 5) is 62.0. The number of aromatic nitrogens is 5. The Kier molecular flexibility index (Phi) is 9.74. The molecule has 0 spiro atoms. The highest BCUT2D eigenvalue weighted by Crippen LogP contribution is 2.34. The van der Waals surface area contributed by atoms with Crippen molar-refractivity contribution < 1.29 is 19.1 Å². The fraction of sp³-hybridized carbons (Fsp3) is 0.351. The molecular formula is C37H40N8O4S. The van der Waals surface area contributed by atoms with Gasteiger partial charge in [-0.25, -0.2) is 19.7 Å². The third kappa shape index (κ3) is 7.04. The molecule has 0 saturated carbocycles. The number of H-pyrrole nitrogens is 2. The molecule has 3 amide bonds. The van der Waals surface area contributed by atoms with Crippen LogP contribution in [0.15, 0.2) is 71.8 Å². The number of rotatable bonds is 10. The number of carbonyl (C=O) groups excluding carboxylic acids is 3. The number of thiazole rings is 1. The summed E-state index contributed by atoms with van der Waals surface area (Å²) in [5.41, 5.74) is 8.77. The van der Waals surface area contributed by atoms with Gasteiger partial charge in [0.05, 0.1) is 54.2 Å². The lowest BCUT2D eigenvalue weighted by atomic mass is 10.0. The van der Waals surface area contributed by atoms with Gasteiger partial charge in [0.2, 0.25) is 11.8 Å². The van der Waals surface area contributed by atoms with Crippen LogP contribution < -0.4 is 5.32 Å². The minimum absolute atomic E-state index is 0.0333. The van der Waals surface area contributed by atoms with Crippen LogP contribution in [0.5, 0.6) is 0 Å². The first-order valence-corrected chi connectivity index (χ1v) is 17.9. The van der Waals surface area contributed by atoms with Gasteiger partial charge in [0.1, 0.15) is 17.7 Å². The number of nitrogens with zero attached hydrogens (tertiary/aromatic N) is 5. The number of aromatic amines is 2. The highest BCUT2D eigenvalue weighted by atomic mass is 32.1. The molecule has 5 aromatic rings. The molecule has 13 heteroatoms. The van der Waals surface area contributed by atoms with Crippen molar-refractivity contribution in [3.63, 3.8) is 0 Å². The highest BCUT2D eigenvalue weighted by molar-refractivity contribution is 7.07. The van der Waals surface area contributed by atoms with E-state index in [-0.39, 0.29) is 23.9 Å². The van der Waals surface area contributed by atoms with E-state index in [2.05, 4.69) is 83.5 Å². The molecule has 2 fully saturated rings. The van der Waals surface area contributed by atoms with E-state index in [4.69, 9.17) is 0 Å². The SMILES string of the molecule is COC(=O)N[C@@H](C)C(=O)N1CCC[C@H]1c1ncc(-c2ccc(-c3ccc(-c4cnc([C@@H]5CCCN5C(=O)CCc5cscn5)[nH]4)cc3)cc2)[nH]1. The number of imidazole rings is 2. The summed E-state index contributed by atoms with van der Waals surface area (Å²) in [5, 5.41) is 4.56. The summed E-state index contributed by atoms with van der Waals surface area (Å²) < 4.78 is 4.64. The summed E-state index contributed by atoms with van der Waals surface area (Å²) in [7, 11) is 1.28. The number of carbonyl (C=O) groups is 3. The van der Waals surface area contributed by atoms with Gasteiger partial charge in [-0.1, -0.05) is 48.5 Å². The van der Waals surface area contributed by atoms with Gasteiger partial charge >= 0.3 is 6.09 Å². The maximum Gasteiger partial charge on any atom is 0.407 e. The molecule has 50 heavy (non-hydrogen) atoms. The Bertz CT molecular complexity index is 1940. The zero-order valence-electron chi connectivity index (χ0n) is 28.1. The van der Waals surface area contributed by atoms with Crippen LogP contribution in [0.3, 0.4) is 0 Å². The van der Waals surface area contributed by atoms with Gasteiger partial charge in [0.25, 0.3) is 0 Å². The Hall–Kier alpha value is -5.30. The Morgan fingerprint density at radius 1 is 0.840 bits per heavy atom. The van der Waals surface area contributed by atoms with E-state index in [1.807, 2.05) is 16.5 Å². The molecule has 3 N–H and O–H groups in total. The van der Waals surface area contributed by atoms with Crippen LogP contribution in [0.4, 0.5) is 4.79 Å². The van der Waals surface area contributed by atoms with Crippen molar-refractivity contribution >= 4 is 29.2 Å². The first-order valence-electron chi connectivity index (χ1n) is 17.0. The molecule has 0 bridgehead atoms. The molecule has 5 heterocycles. The molecule has 2 aliphatic heterocycles. The molecule has 12 nitrogen and oxygen atoms in total. The van der Waals surface area contributed by atoms with Crippen LogP contribution in [0.25, 0.3) is 33.6 Å². The van der Waals surface area contributed by atoms with Gasteiger partial charge in [0.15, 0.2) is 0 Å². The van der Waals surface area contributed by atoms with E-state index in [0.29, 0.717) is 19.4 Å². The molecule has 0 aliphatic carbocycles. The van der Waals surface area contributed by atoms with Crippen LogP contribution in [-0.4, -0.2) is 78.9 Å². The zero-order valence-corrected chi connectivity index (χ0v) is 28.9. The van der Waals surface area contributed by atoms with Gasteiger partial charge in [-0.05, 0) is 61.3 Å². The third-order valence-corrected chi connectivity index (χ3v) is 10.3. The summed E-state index contributed by atoms with van der Waals surface area (Å²) in [6.45, 7) is 3.02. The molecule has 3 atom stereocenters. The second-order valence-electron chi connectivity index (χ2n) is 12.8. The van der Waals surface area contributed by atoms with Crippen molar-refractivity contribution in [2.75, 3.05) is 20.2 Å². The Morgan fingerprint density at radius 2 is 1.38 bits per heavy atom. The monoisotopic (exact) mass is 692 g/mol. The van der Waals surface area contributed by atoms with Gasteiger partial charge < -0.3 is 29.8 Å². The molecule has 2 aromatic carbocycles. The summed E-state index contributed by atoms with van der Waals surface area (Å²) in [6, 6.07) is 15.8. The predicted molar refractivity (Wildman–Crippen MR) is 190 cm³/mol. The normalized spacial score (nSPS) is 18.0. The number of ether oxygens (including phenoxy) is 1. The van der Waals surface area contributed by atoms with Crippen LogP contribution in [0.2, 0.25) is 0 Å². The number of hydrogen-bond acceptors (Lipinski definition) is 8. The van der Waals surface area contributed by atoms with Gasteiger partial charge in [-0.2, -0.15) is 0 Å². The van der Waals surface area contributed by atoms with E-state index in [1.54, 1.807) is 34.9 Å². The van der Waals surface area contributed by atoms with Crippen molar-refractivity contribution in [2.45, 2.75) is 63.6 Å². The largest absolute Gasteiger partial charge is 0.453 e. The number of benzene rings is 2. The Morgan fingerprint density at radius 3 is 1.92 bits per heavy atom. The molecule has 7 rings (SSSR count). The minimum atomic E-state index is -0.694. The molecule has 2 saturated heterocycles. The fourth-order valence-electron chi connectivity index (χ4n) is 6.94. The first-order chi connectivity index (χ1) is 24.4. The van der Waals surface area contributed by atoms with Crippen molar-refractivity contribution in [1.29, 1.82) is 0 Å². The van der Waals surface area contributed by atoms with Crippen molar-refractivity contribution in [1.82, 2.24) is 40.0 Å². The second kappa shape index (κ2) is 14.7. The number of aryl methyl sites for hydroxylation is 1. The Balaban J connectivity index is 0.979. The summed E-state index contributed by atoms with van der Waals surface area (Å²) >= 11 is 1.55. The Labute approximate surface area is 294 Å². The van der Waals surface area contributed by atoms with Crippen molar-refractivity contribution in [2.24, 2.45) is 0 Å². The maximum absolute atomic E-state index is 13.1. The highest BCUT2D eigenvalue weighted by Gasteiger charge is 2.35. The number of hydrogen-bond donors (Lipinski definition) is 3. The van der Waals surface area contributed by atoms with E-state index < -0.39 is 12.1 Å². The molecule has 3 aromatic heterocycles. The minimum Gasteiger partial charge on any atom is -0.453 e. The smallest absolute Gasteiger partial charge is 0.407 e. The molecule has 2 aliphatic rings. The molecule has 0 unspecified atom stereocenters. The van der Waals surface area contributed by atoms with Crippen molar-refractivity contribution in [3.05, 3.63) is 89.2 Å². The number of likely N-dealkylation sites (tertiary alicyclic amines) is 2. The van der Waals surface area contributed by atoms with Crippen LogP contribution in [0.1, 0.15) is 68.5 Å². The average Bonchev–Trinajstić information content (AvgIpc) is 4.00. The quantitative estimate of drug-likeness (QED) is 0.156. The second-order valence-corrected chi connectivity index (χ2v) is 13.5. The van der Waals surface area contributed by atoms with E-state index in [1.165, 1.54) is 7.11 Å². The van der Waals surface area contributed by atoms with Gasteiger partial charge in [0, 0.05) is 24.9 Å². The van der Waals surface area contributed by atoms with Crippen LogP contribution in [-0.2, 0) is 20.7 Å². The summed E-state index contributed by atoms with van der Waals surface area (Å²) in [5.74, 6) is 1.55. The standard InChI is InChI=1S/C37H40N8O4S/c1-23(41-37(48)49-2)36(47)45-18-4-6-32(45)35-39-20-30(43-35)27-13-9-25(10-14-27)24-7-11-26(12-8-24)29-19-38-34(42-29)31-5-3-17-44(31)33(46)16-15-28-21-50-22-40-28/h7-14,19-23,31-32H,3-6,15-18H2,1-2H3,(H,38,42)(H,39,43)(H,41,48)/t23-,31-,32-/m0/s1. The maximum atomic E-state index is 13.1. The molecule has 0 radical (unpaired) electrons. The first kappa shape index (κ1) is 33.2. The lowest BCUT2D eigenvalue weighted by Crippen LogP contribution is -2.46. The number of methoxy groups -OCH3 is 1. The van der Waals surface area contributed by atoms with E-state index >= 15 is 0 Å².